The van der Waals surface area contributed by atoms with E-state index in [-0.39, 0.29) is 18.5 Å². The molecule has 0 saturated carbocycles. The van der Waals surface area contributed by atoms with E-state index in [4.69, 9.17) is 16.3 Å². The van der Waals surface area contributed by atoms with Crippen LogP contribution in [0, 0.1) is 6.92 Å². The van der Waals surface area contributed by atoms with Crippen molar-refractivity contribution in [2.45, 2.75) is 19.9 Å². The molecule has 0 spiro atoms. The third-order valence-electron chi connectivity index (χ3n) is 2.45. The smallest absolute Gasteiger partial charge is 0.239 e. The third kappa shape index (κ3) is 4.94. The quantitative estimate of drug-likeness (QED) is 0.833. The lowest BCUT2D eigenvalue weighted by Gasteiger charge is -2.13. The fraction of sp³-hybridized carbons (Fsp3) is 0.462. The minimum atomic E-state index is -0.0729. The number of ether oxygens (including phenoxy) is 1. The number of nitrogens with one attached hydrogen (secondary N) is 2. The molecule has 0 saturated heterocycles. The van der Waals surface area contributed by atoms with Gasteiger partial charge in [0.15, 0.2) is 0 Å². The Balaban J connectivity index is 2.40. The summed E-state index contributed by atoms with van der Waals surface area (Å²) < 4.78 is 4.94. The highest BCUT2D eigenvalue weighted by atomic mass is 35.5. The van der Waals surface area contributed by atoms with Gasteiger partial charge in [-0.15, -0.1) is 0 Å². The van der Waals surface area contributed by atoms with Gasteiger partial charge >= 0.3 is 0 Å². The number of rotatable bonds is 6. The maximum Gasteiger partial charge on any atom is 0.239 e. The van der Waals surface area contributed by atoms with E-state index in [1.807, 2.05) is 32.0 Å². The zero-order valence-corrected chi connectivity index (χ0v) is 11.7. The molecule has 4 nitrogen and oxygen atoms in total. The molecule has 1 aromatic carbocycles. The van der Waals surface area contributed by atoms with Gasteiger partial charge in [0.2, 0.25) is 5.91 Å². The fourth-order valence-corrected chi connectivity index (χ4v) is 1.68. The van der Waals surface area contributed by atoms with Gasteiger partial charge in [-0.05, 0) is 31.5 Å². The lowest BCUT2D eigenvalue weighted by Crippen LogP contribution is -2.39. The number of carbonyl (C=O) groups is 1. The number of hydrogen-bond acceptors (Lipinski definition) is 3. The Bertz CT molecular complexity index is 410. The molecule has 0 aliphatic rings. The Morgan fingerprint density at radius 2 is 2.22 bits per heavy atom. The molecule has 0 aliphatic heterocycles. The molecule has 1 rings (SSSR count). The standard InChI is InChI=1S/C13H19ClN2O2/c1-9-4-5-11(6-12(9)14)15-7-13(17)16-10(2)8-18-3/h4-6,10,15H,7-8H2,1-3H3,(H,16,17). The van der Waals surface area contributed by atoms with Crippen LogP contribution in [0.25, 0.3) is 0 Å². The number of carbonyl (C=O) groups excluding carboxylic acids is 1. The molecule has 0 heterocycles. The van der Waals surface area contributed by atoms with Crippen LogP contribution < -0.4 is 10.6 Å². The number of halogens is 1. The predicted octanol–water partition coefficient (Wildman–Crippen LogP) is 2.21. The summed E-state index contributed by atoms with van der Waals surface area (Å²) in [5.41, 5.74) is 1.85. The SMILES string of the molecule is COCC(C)NC(=O)CNc1ccc(C)c(Cl)c1. The monoisotopic (exact) mass is 270 g/mol. The molecule has 0 radical (unpaired) electrons. The highest BCUT2D eigenvalue weighted by Crippen LogP contribution is 2.19. The summed E-state index contributed by atoms with van der Waals surface area (Å²) >= 11 is 6.00. The summed E-state index contributed by atoms with van der Waals surface area (Å²) in [6.45, 7) is 4.55. The Morgan fingerprint density at radius 3 is 2.83 bits per heavy atom. The van der Waals surface area contributed by atoms with Crippen LogP contribution in [-0.2, 0) is 9.53 Å². The third-order valence-corrected chi connectivity index (χ3v) is 2.86. The molecule has 1 atom stereocenters. The Labute approximate surface area is 113 Å². The van der Waals surface area contributed by atoms with Gasteiger partial charge in [-0.3, -0.25) is 4.79 Å². The molecule has 100 valence electrons. The molecule has 2 N–H and O–H groups in total. The Hall–Kier alpha value is -1.26. The van der Waals surface area contributed by atoms with Gasteiger partial charge in [0.05, 0.1) is 13.2 Å². The summed E-state index contributed by atoms with van der Waals surface area (Å²) in [5, 5.41) is 6.53. The van der Waals surface area contributed by atoms with Crippen molar-refractivity contribution in [3.63, 3.8) is 0 Å². The van der Waals surface area contributed by atoms with E-state index in [2.05, 4.69) is 10.6 Å². The topological polar surface area (TPSA) is 50.4 Å². The van der Waals surface area contributed by atoms with Crippen molar-refractivity contribution >= 4 is 23.2 Å². The summed E-state index contributed by atoms with van der Waals surface area (Å²) in [4.78, 5) is 11.6. The average Bonchev–Trinajstić information content (AvgIpc) is 2.31. The minimum absolute atomic E-state index is 0.00547. The molecule has 0 bridgehead atoms. The van der Waals surface area contributed by atoms with Gasteiger partial charge in [0.1, 0.15) is 0 Å². The van der Waals surface area contributed by atoms with Crippen LogP contribution in [0.3, 0.4) is 0 Å². The lowest BCUT2D eigenvalue weighted by atomic mass is 10.2. The van der Waals surface area contributed by atoms with E-state index >= 15 is 0 Å². The molecular weight excluding hydrogens is 252 g/mol. The summed E-state index contributed by atoms with van der Waals surface area (Å²) in [6.07, 6.45) is 0. The Kier molecular flexibility index (Phi) is 5.95. The van der Waals surface area contributed by atoms with Crippen LogP contribution in [0.15, 0.2) is 18.2 Å². The highest BCUT2D eigenvalue weighted by molar-refractivity contribution is 6.31. The molecular formula is C13H19ClN2O2. The molecule has 0 aromatic heterocycles. The van der Waals surface area contributed by atoms with Crippen molar-refractivity contribution in [1.82, 2.24) is 5.32 Å². The predicted molar refractivity (Wildman–Crippen MR) is 74.2 cm³/mol. The molecule has 1 unspecified atom stereocenters. The maximum absolute atomic E-state index is 11.6. The second-order valence-electron chi connectivity index (χ2n) is 4.24. The second-order valence-corrected chi connectivity index (χ2v) is 4.65. The van der Waals surface area contributed by atoms with Crippen LogP contribution in [0.1, 0.15) is 12.5 Å². The number of anilines is 1. The van der Waals surface area contributed by atoms with Crippen LogP contribution in [-0.4, -0.2) is 32.2 Å². The first-order valence-electron chi connectivity index (χ1n) is 5.81. The van der Waals surface area contributed by atoms with E-state index in [9.17, 15) is 4.79 Å². The highest BCUT2D eigenvalue weighted by Gasteiger charge is 2.06. The number of amides is 1. The van der Waals surface area contributed by atoms with E-state index in [0.29, 0.717) is 11.6 Å². The summed E-state index contributed by atoms with van der Waals surface area (Å²) in [5.74, 6) is -0.0729. The number of benzene rings is 1. The number of hydrogen-bond donors (Lipinski definition) is 2. The van der Waals surface area contributed by atoms with Gasteiger partial charge in [-0.1, -0.05) is 17.7 Å². The lowest BCUT2D eigenvalue weighted by molar-refractivity contribution is -0.120. The van der Waals surface area contributed by atoms with Crippen molar-refractivity contribution in [2.24, 2.45) is 0 Å². The molecule has 1 amide bonds. The zero-order chi connectivity index (χ0) is 13.5. The van der Waals surface area contributed by atoms with Gasteiger partial charge in [0, 0.05) is 23.9 Å². The normalized spacial score (nSPS) is 12.0. The van der Waals surface area contributed by atoms with Crippen LogP contribution in [0.2, 0.25) is 5.02 Å². The van der Waals surface area contributed by atoms with Crippen LogP contribution in [0.4, 0.5) is 5.69 Å². The number of methoxy groups -OCH3 is 1. The average molecular weight is 271 g/mol. The number of aryl methyl sites for hydroxylation is 1. The van der Waals surface area contributed by atoms with Gasteiger partial charge < -0.3 is 15.4 Å². The van der Waals surface area contributed by atoms with E-state index in [0.717, 1.165) is 11.3 Å². The molecule has 5 heteroatoms. The first kappa shape index (κ1) is 14.8. The van der Waals surface area contributed by atoms with Gasteiger partial charge in [0.25, 0.3) is 0 Å². The van der Waals surface area contributed by atoms with Crippen LogP contribution in [0.5, 0.6) is 0 Å². The summed E-state index contributed by atoms with van der Waals surface area (Å²) in [6, 6.07) is 5.62. The maximum atomic E-state index is 11.6. The zero-order valence-electron chi connectivity index (χ0n) is 10.9. The van der Waals surface area contributed by atoms with Crippen molar-refractivity contribution in [3.8, 4) is 0 Å². The second kappa shape index (κ2) is 7.24. The molecule has 1 aromatic rings. The summed E-state index contributed by atoms with van der Waals surface area (Å²) in [7, 11) is 1.61. The minimum Gasteiger partial charge on any atom is -0.383 e. The van der Waals surface area contributed by atoms with E-state index in [1.165, 1.54) is 0 Å². The Morgan fingerprint density at radius 1 is 1.50 bits per heavy atom. The van der Waals surface area contributed by atoms with Gasteiger partial charge in [-0.25, -0.2) is 0 Å². The van der Waals surface area contributed by atoms with Crippen molar-refractivity contribution in [1.29, 1.82) is 0 Å². The van der Waals surface area contributed by atoms with Crippen molar-refractivity contribution in [2.75, 3.05) is 25.6 Å². The molecule has 0 aliphatic carbocycles. The first-order valence-corrected chi connectivity index (χ1v) is 6.19. The van der Waals surface area contributed by atoms with E-state index < -0.39 is 0 Å². The molecule has 0 fully saturated rings. The van der Waals surface area contributed by atoms with Crippen molar-refractivity contribution in [3.05, 3.63) is 28.8 Å². The van der Waals surface area contributed by atoms with Gasteiger partial charge in [-0.2, -0.15) is 0 Å². The first-order chi connectivity index (χ1) is 8.52. The largest absolute Gasteiger partial charge is 0.383 e. The fourth-order valence-electron chi connectivity index (χ4n) is 1.50. The van der Waals surface area contributed by atoms with Crippen molar-refractivity contribution < 1.29 is 9.53 Å². The van der Waals surface area contributed by atoms with Crippen LogP contribution >= 0.6 is 11.6 Å². The molecule has 18 heavy (non-hydrogen) atoms. The van der Waals surface area contributed by atoms with E-state index in [1.54, 1.807) is 7.11 Å².